The summed E-state index contributed by atoms with van der Waals surface area (Å²) in [5.41, 5.74) is 1.89. The van der Waals surface area contributed by atoms with Crippen LogP contribution in [0, 0.1) is 0 Å². The molecule has 2 aromatic carbocycles. The molecule has 0 unspecified atom stereocenters. The Morgan fingerprint density at radius 3 is 2.19 bits per heavy atom. The van der Waals surface area contributed by atoms with Gasteiger partial charge in [-0.2, -0.15) is 0 Å². The summed E-state index contributed by atoms with van der Waals surface area (Å²) in [6.07, 6.45) is 0.833. The van der Waals surface area contributed by atoms with E-state index in [0.717, 1.165) is 11.3 Å². The summed E-state index contributed by atoms with van der Waals surface area (Å²) >= 11 is 0. The second kappa shape index (κ2) is 9.25. The van der Waals surface area contributed by atoms with Crippen molar-refractivity contribution in [3.8, 4) is 17.0 Å². The molecule has 2 amide bonds. The number of nitrogens with zero attached hydrogens (tertiary/aromatic N) is 2. The van der Waals surface area contributed by atoms with Crippen molar-refractivity contribution in [3.05, 3.63) is 66.5 Å². The van der Waals surface area contributed by atoms with Crippen molar-refractivity contribution in [1.29, 1.82) is 0 Å². The minimum Gasteiger partial charge on any atom is -0.497 e. The molecular weight excluding hydrogens is 396 g/mol. The minimum atomic E-state index is -0.591. The zero-order chi connectivity index (χ0) is 22.4. The molecule has 0 radical (unpaired) electrons. The van der Waals surface area contributed by atoms with Gasteiger partial charge in [-0.3, -0.25) is 10.1 Å². The maximum absolute atomic E-state index is 12.6. The normalized spacial score (nSPS) is 10.8. The summed E-state index contributed by atoms with van der Waals surface area (Å²) in [6, 6.07) is 15.6. The molecular formula is C23H24N4O4. The van der Waals surface area contributed by atoms with Gasteiger partial charge in [-0.05, 0) is 69.3 Å². The Morgan fingerprint density at radius 1 is 0.903 bits per heavy atom. The summed E-state index contributed by atoms with van der Waals surface area (Å²) in [5.74, 6) is 0.793. The summed E-state index contributed by atoms with van der Waals surface area (Å²) in [4.78, 5) is 32.8. The number of rotatable bonds is 5. The first kappa shape index (κ1) is 21.8. The van der Waals surface area contributed by atoms with Crippen molar-refractivity contribution in [3.63, 3.8) is 0 Å². The van der Waals surface area contributed by atoms with Gasteiger partial charge in [-0.15, -0.1) is 0 Å². The van der Waals surface area contributed by atoms with Crippen LogP contribution in [0.3, 0.4) is 0 Å². The third kappa shape index (κ3) is 6.27. The van der Waals surface area contributed by atoms with E-state index < -0.39 is 11.7 Å². The van der Waals surface area contributed by atoms with E-state index in [-0.39, 0.29) is 5.91 Å². The van der Waals surface area contributed by atoms with Crippen molar-refractivity contribution in [2.75, 3.05) is 17.7 Å². The van der Waals surface area contributed by atoms with E-state index in [9.17, 15) is 9.59 Å². The van der Waals surface area contributed by atoms with Gasteiger partial charge in [-0.1, -0.05) is 0 Å². The van der Waals surface area contributed by atoms with Gasteiger partial charge < -0.3 is 14.8 Å². The largest absolute Gasteiger partial charge is 0.497 e. The van der Waals surface area contributed by atoms with Crippen molar-refractivity contribution < 1.29 is 19.1 Å². The Labute approximate surface area is 180 Å². The molecule has 0 atom stereocenters. The van der Waals surface area contributed by atoms with Crippen LogP contribution in [-0.2, 0) is 4.74 Å². The summed E-state index contributed by atoms with van der Waals surface area (Å²) < 4.78 is 10.4. The van der Waals surface area contributed by atoms with Crippen LogP contribution in [0.1, 0.15) is 31.1 Å². The highest BCUT2D eigenvalue weighted by Crippen LogP contribution is 2.22. The fraction of sp³-hybridized carbons (Fsp3) is 0.217. The standard InChI is InChI=1S/C23H24N4O4/c1-23(2,3)31-22(29)26-17-9-5-16(6-10-17)21(28)27-20-13-19(24-14-25-20)15-7-11-18(30-4)12-8-15/h5-14H,1-4H3,(H,26,29)(H,24,25,27,28). The lowest BCUT2D eigenvalue weighted by molar-refractivity contribution is 0.0636. The number of carbonyl (C=O) groups excluding carboxylic acids is 2. The van der Waals surface area contributed by atoms with E-state index in [2.05, 4.69) is 20.6 Å². The molecule has 31 heavy (non-hydrogen) atoms. The van der Waals surface area contributed by atoms with E-state index >= 15 is 0 Å². The smallest absolute Gasteiger partial charge is 0.412 e. The highest BCUT2D eigenvalue weighted by atomic mass is 16.6. The van der Waals surface area contributed by atoms with Gasteiger partial charge in [0.15, 0.2) is 0 Å². The van der Waals surface area contributed by atoms with Crippen LogP contribution in [0.2, 0.25) is 0 Å². The second-order valence-corrected chi connectivity index (χ2v) is 7.68. The van der Waals surface area contributed by atoms with Gasteiger partial charge in [0.05, 0.1) is 12.8 Å². The number of carbonyl (C=O) groups is 2. The van der Waals surface area contributed by atoms with Crippen molar-refractivity contribution in [1.82, 2.24) is 9.97 Å². The number of nitrogens with one attached hydrogen (secondary N) is 2. The van der Waals surface area contributed by atoms with Gasteiger partial charge in [0.2, 0.25) is 0 Å². The van der Waals surface area contributed by atoms with Gasteiger partial charge in [-0.25, -0.2) is 14.8 Å². The second-order valence-electron chi connectivity index (χ2n) is 7.68. The maximum Gasteiger partial charge on any atom is 0.412 e. The fourth-order valence-electron chi connectivity index (χ4n) is 2.66. The first-order valence-electron chi connectivity index (χ1n) is 9.61. The highest BCUT2D eigenvalue weighted by molar-refractivity contribution is 6.04. The van der Waals surface area contributed by atoms with Crippen LogP contribution >= 0.6 is 0 Å². The third-order valence-corrected chi connectivity index (χ3v) is 4.09. The predicted molar refractivity (Wildman–Crippen MR) is 118 cm³/mol. The molecule has 3 aromatic rings. The van der Waals surface area contributed by atoms with Gasteiger partial charge in [0.1, 0.15) is 23.5 Å². The Morgan fingerprint density at radius 2 is 1.58 bits per heavy atom. The Hall–Kier alpha value is -3.94. The lowest BCUT2D eigenvalue weighted by Crippen LogP contribution is -2.27. The van der Waals surface area contributed by atoms with Crippen molar-refractivity contribution >= 4 is 23.5 Å². The van der Waals surface area contributed by atoms with E-state index in [0.29, 0.717) is 22.8 Å². The van der Waals surface area contributed by atoms with Crippen LogP contribution in [0.25, 0.3) is 11.3 Å². The minimum absolute atomic E-state index is 0.330. The maximum atomic E-state index is 12.6. The van der Waals surface area contributed by atoms with E-state index in [1.807, 2.05) is 24.3 Å². The molecule has 2 N–H and O–H groups in total. The molecule has 0 bridgehead atoms. The highest BCUT2D eigenvalue weighted by Gasteiger charge is 2.16. The molecule has 0 aliphatic carbocycles. The first-order valence-corrected chi connectivity index (χ1v) is 9.61. The molecule has 0 aliphatic rings. The fourth-order valence-corrected chi connectivity index (χ4v) is 2.66. The number of anilines is 2. The van der Waals surface area contributed by atoms with Crippen LogP contribution in [0.4, 0.5) is 16.3 Å². The lowest BCUT2D eigenvalue weighted by atomic mass is 10.1. The van der Waals surface area contributed by atoms with E-state index in [1.54, 1.807) is 58.2 Å². The average Bonchev–Trinajstić information content (AvgIpc) is 2.73. The number of ether oxygens (including phenoxy) is 2. The van der Waals surface area contributed by atoms with E-state index in [4.69, 9.17) is 9.47 Å². The Bertz CT molecular complexity index is 1060. The molecule has 8 nitrogen and oxygen atoms in total. The Kier molecular flexibility index (Phi) is 6.49. The van der Waals surface area contributed by atoms with Crippen molar-refractivity contribution in [2.45, 2.75) is 26.4 Å². The first-order chi connectivity index (χ1) is 14.7. The summed E-state index contributed by atoms with van der Waals surface area (Å²) in [7, 11) is 1.60. The molecule has 1 aromatic heterocycles. The van der Waals surface area contributed by atoms with Crippen LogP contribution in [0.5, 0.6) is 5.75 Å². The molecule has 160 valence electrons. The molecule has 0 fully saturated rings. The zero-order valence-corrected chi connectivity index (χ0v) is 17.8. The van der Waals surface area contributed by atoms with Gasteiger partial charge in [0, 0.05) is 22.9 Å². The SMILES string of the molecule is COc1ccc(-c2cc(NC(=O)c3ccc(NC(=O)OC(C)(C)C)cc3)ncn2)cc1. The van der Waals surface area contributed by atoms with Gasteiger partial charge >= 0.3 is 6.09 Å². The number of hydrogen-bond acceptors (Lipinski definition) is 6. The quantitative estimate of drug-likeness (QED) is 0.617. The van der Waals surface area contributed by atoms with Crippen molar-refractivity contribution in [2.24, 2.45) is 0 Å². The van der Waals surface area contributed by atoms with Gasteiger partial charge in [0.25, 0.3) is 5.91 Å². The van der Waals surface area contributed by atoms with Crippen LogP contribution in [0.15, 0.2) is 60.9 Å². The molecule has 1 heterocycles. The van der Waals surface area contributed by atoms with Crippen LogP contribution in [-0.4, -0.2) is 34.7 Å². The number of amides is 2. The third-order valence-electron chi connectivity index (χ3n) is 4.09. The molecule has 0 saturated heterocycles. The summed E-state index contributed by atoms with van der Waals surface area (Å²) in [6.45, 7) is 5.35. The Balaban J connectivity index is 1.65. The topological polar surface area (TPSA) is 102 Å². The number of benzene rings is 2. The molecule has 0 spiro atoms. The number of hydrogen-bond donors (Lipinski definition) is 2. The summed E-state index contributed by atoms with van der Waals surface area (Å²) in [5, 5.41) is 5.38. The van der Waals surface area contributed by atoms with E-state index in [1.165, 1.54) is 6.33 Å². The zero-order valence-electron chi connectivity index (χ0n) is 17.8. The number of aromatic nitrogens is 2. The molecule has 0 aliphatic heterocycles. The molecule has 3 rings (SSSR count). The molecule has 8 heteroatoms. The predicted octanol–water partition coefficient (Wildman–Crippen LogP) is 4.75. The lowest BCUT2D eigenvalue weighted by Gasteiger charge is -2.19. The monoisotopic (exact) mass is 420 g/mol. The van der Waals surface area contributed by atoms with Crippen LogP contribution < -0.4 is 15.4 Å². The molecule has 0 saturated carbocycles. The number of methoxy groups -OCH3 is 1. The average molecular weight is 420 g/mol.